The number of hydrogen-bond donors (Lipinski definition) is 1. The lowest BCUT2D eigenvalue weighted by Crippen LogP contribution is -2.44. The Kier molecular flexibility index (Phi) is 5.85. The summed E-state index contributed by atoms with van der Waals surface area (Å²) in [5, 5.41) is 3.14. The Morgan fingerprint density at radius 3 is 2.48 bits per heavy atom. The smallest absolute Gasteiger partial charge is 0.235 e. The van der Waals surface area contributed by atoms with Crippen LogP contribution in [0.1, 0.15) is 43.4 Å². The molecule has 0 aromatic heterocycles. The SMILES string of the molecule is Cc1cccc(C2(C(=O)Nc3ccc(OC(C)C)c(C)c3)CCOCC2)c1. The number of benzene rings is 2. The van der Waals surface area contributed by atoms with E-state index in [2.05, 4.69) is 30.4 Å². The van der Waals surface area contributed by atoms with Crippen molar-refractivity contribution in [3.63, 3.8) is 0 Å². The Balaban J connectivity index is 1.86. The van der Waals surface area contributed by atoms with E-state index in [1.54, 1.807) is 0 Å². The first-order chi connectivity index (χ1) is 12.9. The molecule has 3 rings (SSSR count). The van der Waals surface area contributed by atoms with E-state index in [0.29, 0.717) is 26.1 Å². The summed E-state index contributed by atoms with van der Waals surface area (Å²) in [6.07, 6.45) is 1.50. The van der Waals surface area contributed by atoms with E-state index in [9.17, 15) is 4.79 Å². The molecule has 0 atom stereocenters. The van der Waals surface area contributed by atoms with Gasteiger partial charge >= 0.3 is 0 Å². The normalized spacial score (nSPS) is 16.2. The molecule has 1 heterocycles. The van der Waals surface area contributed by atoms with Gasteiger partial charge in [0.2, 0.25) is 5.91 Å². The molecule has 1 N–H and O–H groups in total. The Morgan fingerprint density at radius 1 is 1.11 bits per heavy atom. The number of carbonyl (C=O) groups is 1. The summed E-state index contributed by atoms with van der Waals surface area (Å²) in [5.74, 6) is 0.885. The van der Waals surface area contributed by atoms with Gasteiger partial charge in [-0.3, -0.25) is 4.79 Å². The standard InChI is InChI=1S/C23H29NO3/c1-16(2)27-21-9-8-20(15-18(21)4)24-22(25)23(10-12-26-13-11-23)19-7-5-6-17(3)14-19/h5-9,14-16H,10-13H2,1-4H3,(H,24,25). The Morgan fingerprint density at radius 2 is 1.85 bits per heavy atom. The zero-order valence-corrected chi connectivity index (χ0v) is 16.7. The maximum absolute atomic E-state index is 13.4. The molecule has 0 spiro atoms. The van der Waals surface area contributed by atoms with Gasteiger partial charge in [-0.2, -0.15) is 0 Å². The van der Waals surface area contributed by atoms with Crippen LogP contribution in [-0.4, -0.2) is 25.2 Å². The van der Waals surface area contributed by atoms with Gasteiger partial charge in [0, 0.05) is 18.9 Å². The van der Waals surface area contributed by atoms with Gasteiger partial charge in [0.05, 0.1) is 11.5 Å². The van der Waals surface area contributed by atoms with E-state index in [1.807, 2.05) is 45.0 Å². The van der Waals surface area contributed by atoms with Crippen LogP contribution in [0.5, 0.6) is 5.75 Å². The van der Waals surface area contributed by atoms with Crippen molar-refractivity contribution in [2.45, 2.75) is 52.1 Å². The van der Waals surface area contributed by atoms with Crippen LogP contribution in [0.4, 0.5) is 5.69 Å². The number of ether oxygens (including phenoxy) is 2. The van der Waals surface area contributed by atoms with Crippen LogP contribution in [0.25, 0.3) is 0 Å². The van der Waals surface area contributed by atoms with Crippen LogP contribution in [0, 0.1) is 13.8 Å². The van der Waals surface area contributed by atoms with E-state index in [-0.39, 0.29) is 12.0 Å². The third-order valence-corrected chi connectivity index (χ3v) is 5.15. The van der Waals surface area contributed by atoms with Crippen molar-refractivity contribution in [1.29, 1.82) is 0 Å². The average molecular weight is 367 g/mol. The van der Waals surface area contributed by atoms with E-state index in [4.69, 9.17) is 9.47 Å². The van der Waals surface area contributed by atoms with E-state index in [0.717, 1.165) is 28.1 Å². The first-order valence-electron chi connectivity index (χ1n) is 9.64. The number of carbonyl (C=O) groups excluding carboxylic acids is 1. The van der Waals surface area contributed by atoms with Crippen molar-refractivity contribution >= 4 is 11.6 Å². The van der Waals surface area contributed by atoms with Gasteiger partial charge in [0.15, 0.2) is 0 Å². The lowest BCUT2D eigenvalue weighted by Gasteiger charge is -2.36. The molecule has 1 aliphatic rings. The molecule has 1 saturated heterocycles. The number of amides is 1. The monoisotopic (exact) mass is 367 g/mol. The summed E-state index contributed by atoms with van der Waals surface area (Å²) in [6, 6.07) is 14.1. The molecule has 0 unspecified atom stereocenters. The second-order valence-corrected chi connectivity index (χ2v) is 7.66. The van der Waals surface area contributed by atoms with Crippen molar-refractivity contribution in [1.82, 2.24) is 0 Å². The van der Waals surface area contributed by atoms with E-state index < -0.39 is 5.41 Å². The third kappa shape index (κ3) is 4.33. The summed E-state index contributed by atoms with van der Waals surface area (Å²) in [7, 11) is 0. The summed E-state index contributed by atoms with van der Waals surface area (Å²) in [5.41, 5.74) is 3.49. The quantitative estimate of drug-likeness (QED) is 0.827. The predicted octanol–water partition coefficient (Wildman–Crippen LogP) is 4.78. The molecule has 2 aromatic rings. The molecule has 4 nitrogen and oxygen atoms in total. The molecular weight excluding hydrogens is 338 g/mol. The van der Waals surface area contributed by atoms with Gasteiger partial charge in [-0.1, -0.05) is 29.8 Å². The Labute approximate surface area is 161 Å². The highest BCUT2D eigenvalue weighted by molar-refractivity contribution is 5.99. The van der Waals surface area contributed by atoms with Gasteiger partial charge in [0.1, 0.15) is 5.75 Å². The molecule has 0 saturated carbocycles. The number of anilines is 1. The molecule has 0 radical (unpaired) electrons. The molecule has 1 amide bonds. The zero-order valence-electron chi connectivity index (χ0n) is 16.7. The van der Waals surface area contributed by atoms with Crippen molar-refractivity contribution in [2.75, 3.05) is 18.5 Å². The lowest BCUT2D eigenvalue weighted by molar-refractivity contribution is -0.125. The van der Waals surface area contributed by atoms with Crippen molar-refractivity contribution in [2.24, 2.45) is 0 Å². The number of nitrogens with one attached hydrogen (secondary N) is 1. The fourth-order valence-electron chi connectivity index (χ4n) is 3.67. The Bertz CT molecular complexity index is 807. The van der Waals surface area contributed by atoms with Crippen LogP contribution in [-0.2, 0) is 14.9 Å². The first-order valence-corrected chi connectivity index (χ1v) is 9.64. The maximum atomic E-state index is 13.4. The van der Waals surface area contributed by atoms with Gasteiger partial charge in [-0.15, -0.1) is 0 Å². The summed E-state index contributed by atoms with van der Waals surface area (Å²) in [4.78, 5) is 13.4. The minimum atomic E-state index is -0.550. The van der Waals surface area contributed by atoms with E-state index in [1.165, 1.54) is 0 Å². The number of aryl methyl sites for hydroxylation is 2. The van der Waals surface area contributed by atoms with Crippen molar-refractivity contribution < 1.29 is 14.3 Å². The van der Waals surface area contributed by atoms with Gasteiger partial charge < -0.3 is 14.8 Å². The van der Waals surface area contributed by atoms with Crippen LogP contribution < -0.4 is 10.1 Å². The largest absolute Gasteiger partial charge is 0.491 e. The summed E-state index contributed by atoms with van der Waals surface area (Å²) in [6.45, 7) is 9.27. The highest BCUT2D eigenvalue weighted by Crippen LogP contribution is 2.37. The molecule has 4 heteroatoms. The van der Waals surface area contributed by atoms with Crippen LogP contribution in [0.2, 0.25) is 0 Å². The fourth-order valence-corrected chi connectivity index (χ4v) is 3.67. The van der Waals surface area contributed by atoms with Gasteiger partial charge in [0.25, 0.3) is 0 Å². The second kappa shape index (κ2) is 8.13. The van der Waals surface area contributed by atoms with Crippen molar-refractivity contribution in [3.05, 3.63) is 59.2 Å². The third-order valence-electron chi connectivity index (χ3n) is 5.15. The molecule has 1 fully saturated rings. The van der Waals surface area contributed by atoms with Crippen LogP contribution in [0.3, 0.4) is 0 Å². The highest BCUT2D eigenvalue weighted by atomic mass is 16.5. The first kappa shape index (κ1) is 19.4. The van der Waals surface area contributed by atoms with Gasteiger partial charge in [-0.25, -0.2) is 0 Å². The summed E-state index contributed by atoms with van der Waals surface area (Å²) < 4.78 is 11.3. The predicted molar refractivity (Wildman–Crippen MR) is 108 cm³/mol. The molecule has 1 aliphatic heterocycles. The number of hydrogen-bond acceptors (Lipinski definition) is 3. The average Bonchev–Trinajstić information content (AvgIpc) is 2.64. The Hall–Kier alpha value is -2.33. The second-order valence-electron chi connectivity index (χ2n) is 7.66. The van der Waals surface area contributed by atoms with Gasteiger partial charge in [-0.05, 0) is 69.9 Å². The lowest BCUT2D eigenvalue weighted by atomic mass is 9.73. The zero-order chi connectivity index (χ0) is 19.4. The number of rotatable bonds is 5. The molecule has 2 aromatic carbocycles. The minimum absolute atomic E-state index is 0.0355. The fraction of sp³-hybridized carbons (Fsp3) is 0.435. The maximum Gasteiger partial charge on any atom is 0.235 e. The van der Waals surface area contributed by atoms with Crippen molar-refractivity contribution in [3.8, 4) is 5.75 Å². The highest BCUT2D eigenvalue weighted by Gasteiger charge is 2.41. The van der Waals surface area contributed by atoms with Crippen LogP contribution >= 0.6 is 0 Å². The summed E-state index contributed by atoms with van der Waals surface area (Å²) >= 11 is 0. The molecule has 0 aliphatic carbocycles. The van der Waals surface area contributed by atoms with E-state index >= 15 is 0 Å². The minimum Gasteiger partial charge on any atom is -0.491 e. The molecular formula is C23H29NO3. The molecule has 0 bridgehead atoms. The molecule has 27 heavy (non-hydrogen) atoms. The van der Waals surface area contributed by atoms with Crippen LogP contribution in [0.15, 0.2) is 42.5 Å². The topological polar surface area (TPSA) is 47.6 Å². The molecule has 144 valence electrons.